The number of halogens is 1. The van der Waals surface area contributed by atoms with Gasteiger partial charge in [0, 0.05) is 23.2 Å². The average Bonchev–Trinajstić information content (AvgIpc) is 2.24. The lowest BCUT2D eigenvalue weighted by Crippen LogP contribution is -2.18. The standard InChI is InChI=1S/C10H14ClN3O2/c11-9-2-3-10(14(15)16)8(6-9)7-13-5-1-4-12/h2-3,6,13H,1,4-5,7,12H2. The summed E-state index contributed by atoms with van der Waals surface area (Å²) < 4.78 is 0. The number of nitro groups is 1. The van der Waals surface area contributed by atoms with E-state index in [4.69, 9.17) is 17.3 Å². The van der Waals surface area contributed by atoms with Gasteiger partial charge in [-0.1, -0.05) is 11.6 Å². The van der Waals surface area contributed by atoms with Gasteiger partial charge in [0.1, 0.15) is 0 Å². The third-order valence-corrected chi connectivity index (χ3v) is 2.35. The molecule has 16 heavy (non-hydrogen) atoms. The molecule has 0 bridgehead atoms. The maximum atomic E-state index is 10.7. The molecule has 1 aromatic rings. The van der Waals surface area contributed by atoms with Gasteiger partial charge in [0.05, 0.1) is 4.92 Å². The largest absolute Gasteiger partial charge is 0.330 e. The number of nitro benzene ring substituents is 1. The predicted molar refractivity (Wildman–Crippen MR) is 63.5 cm³/mol. The molecule has 0 aliphatic carbocycles. The summed E-state index contributed by atoms with van der Waals surface area (Å²) in [5.41, 5.74) is 6.02. The van der Waals surface area contributed by atoms with Gasteiger partial charge >= 0.3 is 0 Å². The van der Waals surface area contributed by atoms with Crippen LogP contribution in [-0.2, 0) is 6.54 Å². The summed E-state index contributed by atoms with van der Waals surface area (Å²) >= 11 is 5.79. The van der Waals surface area contributed by atoms with Crippen molar-refractivity contribution in [3.8, 4) is 0 Å². The van der Waals surface area contributed by atoms with Crippen LogP contribution in [0.4, 0.5) is 5.69 Å². The number of nitrogens with one attached hydrogen (secondary N) is 1. The molecule has 0 spiro atoms. The number of benzene rings is 1. The van der Waals surface area contributed by atoms with Crippen molar-refractivity contribution in [1.29, 1.82) is 0 Å². The van der Waals surface area contributed by atoms with Crippen LogP contribution >= 0.6 is 11.6 Å². The number of hydrogen-bond donors (Lipinski definition) is 2. The van der Waals surface area contributed by atoms with Crippen LogP contribution in [0.15, 0.2) is 18.2 Å². The fourth-order valence-electron chi connectivity index (χ4n) is 1.32. The van der Waals surface area contributed by atoms with Crippen molar-refractivity contribution in [2.24, 2.45) is 5.73 Å². The fraction of sp³-hybridized carbons (Fsp3) is 0.400. The van der Waals surface area contributed by atoms with Crippen LogP contribution in [0.5, 0.6) is 0 Å². The molecule has 0 heterocycles. The predicted octanol–water partition coefficient (Wildman–Crippen LogP) is 1.69. The summed E-state index contributed by atoms with van der Waals surface area (Å²) in [6.07, 6.45) is 0.842. The fourth-order valence-corrected chi connectivity index (χ4v) is 1.52. The van der Waals surface area contributed by atoms with Crippen LogP contribution in [0, 0.1) is 10.1 Å². The van der Waals surface area contributed by atoms with Crippen molar-refractivity contribution in [2.45, 2.75) is 13.0 Å². The average molecular weight is 244 g/mol. The Labute approximate surface area is 98.7 Å². The van der Waals surface area contributed by atoms with Crippen LogP contribution in [0.25, 0.3) is 0 Å². The molecule has 0 saturated carbocycles. The second-order valence-corrected chi connectivity index (χ2v) is 3.79. The molecule has 0 aliphatic rings. The number of nitrogens with two attached hydrogens (primary N) is 1. The lowest BCUT2D eigenvalue weighted by Gasteiger charge is -2.05. The zero-order chi connectivity index (χ0) is 12.0. The number of hydrogen-bond acceptors (Lipinski definition) is 4. The summed E-state index contributed by atoms with van der Waals surface area (Å²) in [5.74, 6) is 0. The minimum atomic E-state index is -0.406. The number of rotatable bonds is 6. The summed E-state index contributed by atoms with van der Waals surface area (Å²) in [6, 6.07) is 4.54. The monoisotopic (exact) mass is 243 g/mol. The Morgan fingerprint density at radius 2 is 2.25 bits per heavy atom. The zero-order valence-corrected chi connectivity index (χ0v) is 9.54. The molecule has 5 nitrogen and oxygen atoms in total. The highest BCUT2D eigenvalue weighted by Crippen LogP contribution is 2.22. The molecule has 0 radical (unpaired) electrons. The highest BCUT2D eigenvalue weighted by Gasteiger charge is 2.12. The molecule has 0 fully saturated rings. The molecule has 1 aromatic carbocycles. The molecule has 0 atom stereocenters. The quantitative estimate of drug-likeness (QED) is 0.453. The van der Waals surface area contributed by atoms with E-state index in [0.29, 0.717) is 23.7 Å². The molecule has 0 amide bonds. The van der Waals surface area contributed by atoms with E-state index in [1.54, 1.807) is 6.07 Å². The van der Waals surface area contributed by atoms with E-state index < -0.39 is 4.92 Å². The molecule has 0 aliphatic heterocycles. The second-order valence-electron chi connectivity index (χ2n) is 3.35. The van der Waals surface area contributed by atoms with E-state index in [9.17, 15) is 10.1 Å². The first-order chi connectivity index (χ1) is 7.65. The molecule has 88 valence electrons. The van der Waals surface area contributed by atoms with Crippen LogP contribution < -0.4 is 11.1 Å². The van der Waals surface area contributed by atoms with Crippen LogP contribution in [0.3, 0.4) is 0 Å². The lowest BCUT2D eigenvalue weighted by atomic mass is 10.2. The van der Waals surface area contributed by atoms with E-state index in [0.717, 1.165) is 13.0 Å². The first-order valence-corrected chi connectivity index (χ1v) is 5.36. The number of nitrogens with zero attached hydrogens (tertiary/aromatic N) is 1. The van der Waals surface area contributed by atoms with Crippen LogP contribution in [0.2, 0.25) is 5.02 Å². The minimum absolute atomic E-state index is 0.0876. The van der Waals surface area contributed by atoms with E-state index >= 15 is 0 Å². The molecular weight excluding hydrogens is 230 g/mol. The normalized spacial score (nSPS) is 10.4. The first kappa shape index (κ1) is 12.9. The van der Waals surface area contributed by atoms with Gasteiger partial charge in [0.15, 0.2) is 0 Å². The summed E-state index contributed by atoms with van der Waals surface area (Å²) in [7, 11) is 0. The van der Waals surface area contributed by atoms with E-state index in [-0.39, 0.29) is 5.69 Å². The van der Waals surface area contributed by atoms with E-state index in [1.165, 1.54) is 12.1 Å². The molecule has 0 saturated heterocycles. The van der Waals surface area contributed by atoms with Gasteiger partial charge in [-0.25, -0.2) is 0 Å². The maximum absolute atomic E-state index is 10.7. The summed E-state index contributed by atoms with van der Waals surface area (Å²) in [4.78, 5) is 10.3. The molecule has 3 N–H and O–H groups in total. The molecule has 6 heteroatoms. The van der Waals surface area contributed by atoms with Crippen molar-refractivity contribution < 1.29 is 4.92 Å². The Balaban J connectivity index is 2.68. The van der Waals surface area contributed by atoms with Crippen molar-refractivity contribution >= 4 is 17.3 Å². The van der Waals surface area contributed by atoms with Gasteiger partial charge in [0.2, 0.25) is 0 Å². The van der Waals surface area contributed by atoms with Gasteiger partial charge < -0.3 is 11.1 Å². The Kier molecular flexibility index (Phi) is 5.18. The molecular formula is C10H14ClN3O2. The Hall–Kier alpha value is -1.17. The van der Waals surface area contributed by atoms with Gasteiger partial charge in [-0.05, 0) is 31.6 Å². The third-order valence-electron chi connectivity index (χ3n) is 2.11. The van der Waals surface area contributed by atoms with E-state index in [1.807, 2.05) is 0 Å². The highest BCUT2D eigenvalue weighted by molar-refractivity contribution is 6.30. The third kappa shape index (κ3) is 3.77. The van der Waals surface area contributed by atoms with Crippen molar-refractivity contribution in [1.82, 2.24) is 5.32 Å². The summed E-state index contributed by atoms with van der Waals surface area (Å²) in [5, 5.41) is 14.3. The van der Waals surface area contributed by atoms with Gasteiger partial charge in [0.25, 0.3) is 5.69 Å². The van der Waals surface area contributed by atoms with Crippen LogP contribution in [0.1, 0.15) is 12.0 Å². The van der Waals surface area contributed by atoms with Crippen LogP contribution in [-0.4, -0.2) is 18.0 Å². The van der Waals surface area contributed by atoms with Crippen molar-refractivity contribution in [2.75, 3.05) is 13.1 Å². The van der Waals surface area contributed by atoms with Gasteiger partial charge in [-0.3, -0.25) is 10.1 Å². The Morgan fingerprint density at radius 3 is 2.88 bits per heavy atom. The smallest absolute Gasteiger partial charge is 0.273 e. The van der Waals surface area contributed by atoms with E-state index in [2.05, 4.69) is 5.32 Å². The van der Waals surface area contributed by atoms with Gasteiger partial charge in [-0.2, -0.15) is 0 Å². The minimum Gasteiger partial charge on any atom is -0.330 e. The SMILES string of the molecule is NCCCNCc1cc(Cl)ccc1[N+](=O)[O-]. The Morgan fingerprint density at radius 1 is 1.50 bits per heavy atom. The molecule has 0 unspecified atom stereocenters. The van der Waals surface area contributed by atoms with Crippen molar-refractivity contribution in [3.63, 3.8) is 0 Å². The Bertz CT molecular complexity index is 371. The zero-order valence-electron chi connectivity index (χ0n) is 8.78. The molecule has 1 rings (SSSR count). The lowest BCUT2D eigenvalue weighted by molar-refractivity contribution is -0.385. The summed E-state index contributed by atoms with van der Waals surface area (Å²) in [6.45, 7) is 1.77. The van der Waals surface area contributed by atoms with Crippen molar-refractivity contribution in [3.05, 3.63) is 38.9 Å². The van der Waals surface area contributed by atoms with Gasteiger partial charge in [-0.15, -0.1) is 0 Å². The maximum Gasteiger partial charge on any atom is 0.273 e. The first-order valence-electron chi connectivity index (χ1n) is 4.98. The highest BCUT2D eigenvalue weighted by atomic mass is 35.5. The second kappa shape index (κ2) is 6.42. The topological polar surface area (TPSA) is 81.2 Å². The molecule has 0 aromatic heterocycles.